The summed E-state index contributed by atoms with van der Waals surface area (Å²) in [5.74, 6) is -1.07. The summed E-state index contributed by atoms with van der Waals surface area (Å²) in [7, 11) is 0. The molecule has 0 radical (unpaired) electrons. The van der Waals surface area contributed by atoms with Gasteiger partial charge in [0.2, 0.25) is 0 Å². The van der Waals surface area contributed by atoms with Crippen molar-refractivity contribution in [2.75, 3.05) is 6.54 Å². The number of pyridine rings is 1. The molecule has 0 aliphatic rings. The van der Waals surface area contributed by atoms with Crippen LogP contribution in [-0.2, 0) is 13.0 Å². The topological polar surface area (TPSA) is 104 Å². The first-order valence-electron chi connectivity index (χ1n) is 6.23. The van der Waals surface area contributed by atoms with Crippen molar-refractivity contribution in [3.05, 3.63) is 46.2 Å². The normalized spacial score (nSPS) is 10.1. The lowest BCUT2D eigenvalue weighted by Gasteiger charge is -2.06. The fourth-order valence-electron chi connectivity index (χ4n) is 1.58. The third-order valence-electron chi connectivity index (χ3n) is 2.59. The van der Waals surface area contributed by atoms with E-state index >= 15 is 0 Å². The predicted molar refractivity (Wildman–Crippen MR) is 77.3 cm³/mol. The van der Waals surface area contributed by atoms with Crippen molar-refractivity contribution in [1.29, 1.82) is 0 Å². The van der Waals surface area contributed by atoms with Gasteiger partial charge < -0.3 is 15.7 Å². The van der Waals surface area contributed by atoms with Crippen molar-refractivity contribution in [2.45, 2.75) is 13.0 Å². The first kappa shape index (κ1) is 14.9. The van der Waals surface area contributed by atoms with Crippen LogP contribution in [0.15, 0.2) is 29.9 Å². The quantitative estimate of drug-likeness (QED) is 0.745. The number of amides is 2. The monoisotopic (exact) mass is 306 g/mol. The van der Waals surface area contributed by atoms with E-state index < -0.39 is 5.97 Å². The van der Waals surface area contributed by atoms with Gasteiger partial charge in [0.25, 0.3) is 0 Å². The van der Waals surface area contributed by atoms with Crippen LogP contribution in [0, 0.1) is 0 Å². The molecular weight excluding hydrogens is 292 g/mol. The van der Waals surface area contributed by atoms with Crippen LogP contribution < -0.4 is 10.6 Å². The summed E-state index contributed by atoms with van der Waals surface area (Å²) in [4.78, 5) is 30.1. The smallest absolute Gasteiger partial charge is 0.355 e. The number of aromatic nitrogens is 2. The maximum absolute atomic E-state index is 11.6. The molecule has 21 heavy (non-hydrogen) atoms. The maximum Gasteiger partial charge on any atom is 0.355 e. The van der Waals surface area contributed by atoms with Crippen molar-refractivity contribution < 1.29 is 14.7 Å². The largest absolute Gasteiger partial charge is 0.476 e. The average Bonchev–Trinajstić information content (AvgIpc) is 2.95. The Labute approximate surface area is 125 Å². The van der Waals surface area contributed by atoms with Crippen LogP contribution in [-0.4, -0.2) is 33.6 Å². The van der Waals surface area contributed by atoms with Crippen LogP contribution in [0.5, 0.6) is 0 Å². The van der Waals surface area contributed by atoms with Gasteiger partial charge in [-0.25, -0.2) is 14.6 Å². The number of nitrogens with one attached hydrogen (secondary N) is 2. The zero-order chi connectivity index (χ0) is 15.1. The number of carbonyl (C=O) groups is 2. The van der Waals surface area contributed by atoms with E-state index in [0.717, 1.165) is 5.56 Å². The minimum absolute atomic E-state index is 0.00575. The minimum Gasteiger partial charge on any atom is -0.476 e. The predicted octanol–water partition coefficient (Wildman–Crippen LogP) is 1.28. The first-order chi connectivity index (χ1) is 10.1. The number of carboxylic acid groups (broad SMARTS) is 1. The molecule has 0 saturated carbocycles. The number of hydrogen-bond donors (Lipinski definition) is 3. The number of thiazole rings is 1. The van der Waals surface area contributed by atoms with Gasteiger partial charge in [0.15, 0.2) is 5.69 Å². The van der Waals surface area contributed by atoms with E-state index in [1.807, 2.05) is 12.1 Å². The molecule has 0 unspecified atom stereocenters. The number of carboxylic acids is 1. The molecule has 2 amide bonds. The molecule has 0 aliphatic carbocycles. The van der Waals surface area contributed by atoms with Gasteiger partial charge in [-0.1, -0.05) is 6.07 Å². The van der Waals surface area contributed by atoms with Gasteiger partial charge in [0, 0.05) is 24.3 Å². The van der Waals surface area contributed by atoms with E-state index in [0.29, 0.717) is 18.0 Å². The Bertz CT molecular complexity index is 615. The highest BCUT2D eigenvalue weighted by Crippen LogP contribution is 2.09. The fraction of sp³-hybridized carbons (Fsp3) is 0.231. The van der Waals surface area contributed by atoms with E-state index in [9.17, 15) is 9.59 Å². The third kappa shape index (κ3) is 4.84. The second-order valence-electron chi connectivity index (χ2n) is 4.15. The van der Waals surface area contributed by atoms with Gasteiger partial charge in [0.1, 0.15) is 5.01 Å². The Morgan fingerprint density at radius 2 is 2.19 bits per heavy atom. The molecule has 0 bridgehead atoms. The van der Waals surface area contributed by atoms with Crippen molar-refractivity contribution >= 4 is 23.3 Å². The number of rotatable bonds is 6. The molecule has 2 aromatic heterocycles. The number of urea groups is 1. The first-order valence-corrected chi connectivity index (χ1v) is 7.11. The molecule has 2 rings (SSSR count). The van der Waals surface area contributed by atoms with Gasteiger partial charge in [-0.3, -0.25) is 4.98 Å². The standard InChI is InChI=1S/C13H14N4O3S/c18-12(19)10-8-21-11(17-10)7-16-13(20)15-5-3-9-2-1-4-14-6-9/h1-2,4,6,8H,3,5,7H2,(H,18,19)(H2,15,16,20). The molecule has 0 spiro atoms. The highest BCUT2D eigenvalue weighted by Gasteiger charge is 2.09. The zero-order valence-corrected chi connectivity index (χ0v) is 11.9. The van der Waals surface area contributed by atoms with Gasteiger partial charge >= 0.3 is 12.0 Å². The molecule has 0 aromatic carbocycles. The Hall–Kier alpha value is -2.48. The summed E-state index contributed by atoms with van der Waals surface area (Å²) in [6, 6.07) is 3.47. The second kappa shape index (κ2) is 7.34. The highest BCUT2D eigenvalue weighted by molar-refractivity contribution is 7.09. The van der Waals surface area contributed by atoms with Crippen LogP contribution in [0.3, 0.4) is 0 Å². The van der Waals surface area contributed by atoms with Gasteiger partial charge in [-0.15, -0.1) is 11.3 Å². The van der Waals surface area contributed by atoms with E-state index in [1.165, 1.54) is 16.7 Å². The van der Waals surface area contributed by atoms with Gasteiger partial charge in [-0.2, -0.15) is 0 Å². The van der Waals surface area contributed by atoms with Crippen LogP contribution in [0.1, 0.15) is 21.1 Å². The lowest BCUT2D eigenvalue weighted by atomic mass is 10.2. The highest BCUT2D eigenvalue weighted by atomic mass is 32.1. The van der Waals surface area contributed by atoms with E-state index in [2.05, 4.69) is 20.6 Å². The maximum atomic E-state index is 11.6. The molecule has 0 aliphatic heterocycles. The fourth-order valence-corrected chi connectivity index (χ4v) is 2.28. The van der Waals surface area contributed by atoms with Crippen LogP contribution in [0.25, 0.3) is 0 Å². The van der Waals surface area contributed by atoms with Gasteiger partial charge in [0.05, 0.1) is 6.54 Å². The van der Waals surface area contributed by atoms with Crippen molar-refractivity contribution in [1.82, 2.24) is 20.6 Å². The summed E-state index contributed by atoms with van der Waals surface area (Å²) in [5.41, 5.74) is 1.04. The molecule has 0 fully saturated rings. The zero-order valence-electron chi connectivity index (χ0n) is 11.1. The van der Waals surface area contributed by atoms with E-state index in [-0.39, 0.29) is 18.3 Å². The van der Waals surface area contributed by atoms with Crippen LogP contribution in [0.4, 0.5) is 4.79 Å². The van der Waals surface area contributed by atoms with Gasteiger partial charge in [-0.05, 0) is 18.1 Å². The number of carbonyl (C=O) groups excluding carboxylic acids is 1. The second-order valence-corrected chi connectivity index (χ2v) is 5.10. The molecular formula is C13H14N4O3S. The summed E-state index contributed by atoms with van der Waals surface area (Å²) in [6.45, 7) is 0.701. The molecule has 110 valence electrons. The number of nitrogens with zero attached hydrogens (tertiary/aromatic N) is 2. The number of aromatic carboxylic acids is 1. The lowest BCUT2D eigenvalue weighted by molar-refractivity contribution is 0.0691. The third-order valence-corrected chi connectivity index (χ3v) is 3.44. The molecule has 0 saturated heterocycles. The van der Waals surface area contributed by atoms with Crippen molar-refractivity contribution in [2.24, 2.45) is 0 Å². The lowest BCUT2D eigenvalue weighted by Crippen LogP contribution is -2.36. The summed E-state index contributed by atoms with van der Waals surface area (Å²) in [6.07, 6.45) is 4.15. The molecule has 0 atom stereocenters. The molecule has 3 N–H and O–H groups in total. The Kier molecular flexibility index (Phi) is 5.22. The van der Waals surface area contributed by atoms with Crippen LogP contribution in [0.2, 0.25) is 0 Å². The average molecular weight is 306 g/mol. The summed E-state index contributed by atoms with van der Waals surface area (Å²) < 4.78 is 0. The SMILES string of the molecule is O=C(NCCc1cccnc1)NCc1nc(C(=O)O)cs1. The molecule has 2 aromatic rings. The molecule has 7 nitrogen and oxygen atoms in total. The van der Waals surface area contributed by atoms with E-state index in [4.69, 9.17) is 5.11 Å². The Morgan fingerprint density at radius 1 is 1.33 bits per heavy atom. The minimum atomic E-state index is -1.07. The summed E-state index contributed by atoms with van der Waals surface area (Å²) >= 11 is 1.20. The van der Waals surface area contributed by atoms with E-state index in [1.54, 1.807) is 12.4 Å². The molecule has 2 heterocycles. The Balaban J connectivity index is 1.68. The molecule has 8 heteroatoms. The summed E-state index contributed by atoms with van der Waals surface area (Å²) in [5, 5.41) is 16.1. The van der Waals surface area contributed by atoms with Crippen LogP contribution >= 0.6 is 11.3 Å². The number of hydrogen-bond acceptors (Lipinski definition) is 5. The van der Waals surface area contributed by atoms with Crippen molar-refractivity contribution in [3.63, 3.8) is 0 Å². The Morgan fingerprint density at radius 3 is 2.86 bits per heavy atom. The van der Waals surface area contributed by atoms with Crippen molar-refractivity contribution in [3.8, 4) is 0 Å².